The van der Waals surface area contributed by atoms with E-state index in [1.807, 2.05) is 42.5 Å². The van der Waals surface area contributed by atoms with E-state index in [0.29, 0.717) is 31.9 Å². The largest absolute Gasteiger partial charge is 0.463 e. The standard InChI is InChI=1S/C27H24N2O5S/c1-4-33-26(32)23-17(2)28-27-29(24(23)20-13-15-21(16-14-20)34-18(3)30)25(31)22(35-27)12-8-11-19-9-6-5-7-10-19/h5-16,24H,4H2,1-3H3/b11-8-,22-12?/t24-/m1/s1. The predicted octanol–water partition coefficient (Wildman–Crippen LogP) is 3.39. The average Bonchev–Trinajstić information content (AvgIpc) is 3.14. The molecule has 1 aromatic heterocycles. The number of hydrogen-bond donors (Lipinski definition) is 0. The van der Waals surface area contributed by atoms with E-state index in [0.717, 1.165) is 5.56 Å². The summed E-state index contributed by atoms with van der Waals surface area (Å²) < 4.78 is 12.4. The van der Waals surface area contributed by atoms with E-state index in [2.05, 4.69) is 4.99 Å². The van der Waals surface area contributed by atoms with Gasteiger partial charge in [0.25, 0.3) is 5.56 Å². The van der Waals surface area contributed by atoms with E-state index < -0.39 is 18.0 Å². The van der Waals surface area contributed by atoms with E-state index in [1.165, 1.54) is 22.8 Å². The van der Waals surface area contributed by atoms with Gasteiger partial charge in [-0.1, -0.05) is 66.0 Å². The molecule has 2 aromatic carbocycles. The summed E-state index contributed by atoms with van der Waals surface area (Å²) in [5, 5.41) is 0. The lowest BCUT2D eigenvalue weighted by molar-refractivity contribution is -0.139. The summed E-state index contributed by atoms with van der Waals surface area (Å²) in [4.78, 5) is 42.7. The molecule has 0 fully saturated rings. The molecule has 4 rings (SSSR count). The molecule has 8 heteroatoms. The Morgan fingerprint density at radius 2 is 1.83 bits per heavy atom. The van der Waals surface area contributed by atoms with Crippen LogP contribution in [0.1, 0.15) is 37.9 Å². The number of hydrogen-bond acceptors (Lipinski definition) is 7. The maximum absolute atomic E-state index is 13.5. The summed E-state index contributed by atoms with van der Waals surface area (Å²) in [5.41, 5.74) is 2.22. The number of thiazole rings is 1. The molecule has 3 aromatic rings. The van der Waals surface area contributed by atoms with Gasteiger partial charge in [-0.15, -0.1) is 0 Å². The molecule has 1 atom stereocenters. The molecule has 0 bridgehead atoms. The Hall–Kier alpha value is -4.04. The quantitative estimate of drug-likeness (QED) is 0.392. The zero-order valence-corrected chi connectivity index (χ0v) is 20.4. The minimum atomic E-state index is -0.725. The van der Waals surface area contributed by atoms with Crippen molar-refractivity contribution in [3.05, 3.63) is 103 Å². The van der Waals surface area contributed by atoms with Crippen LogP contribution in [0.4, 0.5) is 0 Å². The molecule has 35 heavy (non-hydrogen) atoms. The summed E-state index contributed by atoms with van der Waals surface area (Å²) in [5.74, 6) is -0.587. The fourth-order valence-corrected chi connectivity index (χ4v) is 4.81. The zero-order chi connectivity index (χ0) is 24.9. The van der Waals surface area contributed by atoms with E-state index in [-0.39, 0.29) is 12.2 Å². The molecule has 0 radical (unpaired) electrons. The van der Waals surface area contributed by atoms with Gasteiger partial charge in [-0.2, -0.15) is 0 Å². The summed E-state index contributed by atoms with van der Waals surface area (Å²) in [7, 11) is 0. The van der Waals surface area contributed by atoms with Crippen molar-refractivity contribution in [2.45, 2.75) is 26.8 Å². The number of esters is 2. The molecule has 0 amide bonds. The fraction of sp³-hybridized carbons (Fsp3) is 0.185. The van der Waals surface area contributed by atoms with Crippen molar-refractivity contribution in [1.82, 2.24) is 4.57 Å². The van der Waals surface area contributed by atoms with Crippen LogP contribution in [0.5, 0.6) is 5.75 Å². The van der Waals surface area contributed by atoms with Gasteiger partial charge in [0.05, 0.1) is 28.5 Å². The molecule has 0 spiro atoms. The zero-order valence-electron chi connectivity index (χ0n) is 19.6. The lowest BCUT2D eigenvalue weighted by Gasteiger charge is -2.24. The first-order valence-corrected chi connectivity index (χ1v) is 11.9. The van der Waals surface area contributed by atoms with Crippen molar-refractivity contribution in [2.24, 2.45) is 4.99 Å². The number of nitrogens with zero attached hydrogens (tertiary/aromatic N) is 2. The lowest BCUT2D eigenvalue weighted by atomic mass is 9.96. The summed E-state index contributed by atoms with van der Waals surface area (Å²) in [6.07, 6.45) is 5.49. The number of ether oxygens (including phenoxy) is 2. The SMILES string of the molecule is CCOC(=O)C1=C(C)N=c2sc(=C/C=C\c3ccccc3)c(=O)n2[C@@H]1c1ccc(OC(C)=O)cc1. The van der Waals surface area contributed by atoms with Gasteiger partial charge in [-0.3, -0.25) is 14.2 Å². The smallest absolute Gasteiger partial charge is 0.338 e. The van der Waals surface area contributed by atoms with Gasteiger partial charge in [0, 0.05) is 6.92 Å². The topological polar surface area (TPSA) is 87.0 Å². The van der Waals surface area contributed by atoms with Gasteiger partial charge in [-0.25, -0.2) is 9.79 Å². The molecule has 1 aliphatic heterocycles. The van der Waals surface area contributed by atoms with Crippen molar-refractivity contribution in [1.29, 1.82) is 0 Å². The average molecular weight is 489 g/mol. The van der Waals surface area contributed by atoms with Crippen LogP contribution in [-0.2, 0) is 14.3 Å². The van der Waals surface area contributed by atoms with E-state index >= 15 is 0 Å². The van der Waals surface area contributed by atoms with E-state index in [4.69, 9.17) is 9.47 Å². The second kappa shape index (κ2) is 10.5. The molecule has 0 saturated heterocycles. The first-order chi connectivity index (χ1) is 16.9. The molecule has 2 heterocycles. The third-order valence-corrected chi connectivity index (χ3v) is 6.31. The maximum atomic E-state index is 13.5. The predicted molar refractivity (Wildman–Crippen MR) is 135 cm³/mol. The Balaban J connectivity index is 1.83. The van der Waals surface area contributed by atoms with Crippen LogP contribution in [0, 0.1) is 0 Å². The molecule has 0 unspecified atom stereocenters. The van der Waals surface area contributed by atoms with Crippen LogP contribution >= 0.6 is 11.3 Å². The Morgan fingerprint density at radius 1 is 1.11 bits per heavy atom. The van der Waals surface area contributed by atoms with Crippen LogP contribution in [-0.4, -0.2) is 23.1 Å². The third-order valence-electron chi connectivity index (χ3n) is 5.31. The third kappa shape index (κ3) is 5.22. The van der Waals surface area contributed by atoms with Crippen molar-refractivity contribution in [3.63, 3.8) is 0 Å². The Kier molecular flexibility index (Phi) is 7.22. The fourth-order valence-electron chi connectivity index (χ4n) is 3.82. The number of rotatable bonds is 6. The highest BCUT2D eigenvalue weighted by atomic mass is 32.1. The van der Waals surface area contributed by atoms with Gasteiger partial charge in [0.2, 0.25) is 0 Å². The van der Waals surface area contributed by atoms with E-state index in [1.54, 1.807) is 44.2 Å². The number of allylic oxidation sites excluding steroid dienone is 2. The van der Waals surface area contributed by atoms with Crippen LogP contribution in [0.15, 0.2) is 81.7 Å². The van der Waals surface area contributed by atoms with Gasteiger partial charge >= 0.3 is 11.9 Å². The van der Waals surface area contributed by atoms with Gasteiger partial charge in [0.15, 0.2) is 4.80 Å². The number of carbonyl (C=O) groups is 2. The van der Waals surface area contributed by atoms with Gasteiger partial charge < -0.3 is 9.47 Å². The Morgan fingerprint density at radius 3 is 2.49 bits per heavy atom. The van der Waals surface area contributed by atoms with E-state index in [9.17, 15) is 14.4 Å². The van der Waals surface area contributed by atoms with Crippen LogP contribution in [0.25, 0.3) is 12.2 Å². The Bertz CT molecular complexity index is 1500. The highest BCUT2D eigenvalue weighted by molar-refractivity contribution is 7.07. The number of benzene rings is 2. The maximum Gasteiger partial charge on any atom is 0.338 e. The summed E-state index contributed by atoms with van der Waals surface area (Å²) in [6, 6.07) is 15.8. The minimum Gasteiger partial charge on any atom is -0.463 e. The van der Waals surface area contributed by atoms with Crippen LogP contribution in [0.2, 0.25) is 0 Å². The van der Waals surface area contributed by atoms with Crippen molar-refractivity contribution in [3.8, 4) is 5.75 Å². The second-order valence-electron chi connectivity index (χ2n) is 7.76. The lowest BCUT2D eigenvalue weighted by Crippen LogP contribution is -2.39. The highest BCUT2D eigenvalue weighted by Gasteiger charge is 2.33. The summed E-state index contributed by atoms with van der Waals surface area (Å²) in [6.45, 7) is 4.98. The Labute approximate surface area is 206 Å². The van der Waals surface area contributed by atoms with Crippen molar-refractivity contribution < 1.29 is 19.1 Å². The normalized spacial score (nSPS) is 15.6. The number of carbonyl (C=O) groups excluding carboxylic acids is 2. The summed E-state index contributed by atoms with van der Waals surface area (Å²) >= 11 is 1.26. The van der Waals surface area contributed by atoms with Crippen LogP contribution < -0.4 is 19.6 Å². The molecule has 0 aliphatic carbocycles. The number of fused-ring (bicyclic) bond motifs is 1. The second-order valence-corrected chi connectivity index (χ2v) is 8.77. The molecular formula is C27H24N2O5S. The first-order valence-electron chi connectivity index (χ1n) is 11.1. The highest BCUT2D eigenvalue weighted by Crippen LogP contribution is 2.31. The molecular weight excluding hydrogens is 464 g/mol. The van der Waals surface area contributed by atoms with Crippen molar-refractivity contribution >= 4 is 35.4 Å². The van der Waals surface area contributed by atoms with Crippen LogP contribution in [0.3, 0.4) is 0 Å². The molecule has 178 valence electrons. The van der Waals surface area contributed by atoms with Gasteiger partial charge in [0.1, 0.15) is 5.75 Å². The number of aromatic nitrogens is 1. The van der Waals surface area contributed by atoms with Gasteiger partial charge in [-0.05, 0) is 43.2 Å². The first kappa shape index (κ1) is 24.1. The molecule has 0 N–H and O–H groups in total. The monoisotopic (exact) mass is 488 g/mol. The molecule has 0 saturated carbocycles. The molecule has 1 aliphatic rings. The minimum absolute atomic E-state index is 0.197. The molecule has 7 nitrogen and oxygen atoms in total. The van der Waals surface area contributed by atoms with Crippen molar-refractivity contribution in [2.75, 3.05) is 6.61 Å².